The van der Waals surface area contributed by atoms with Gasteiger partial charge >= 0.3 is 6.09 Å². The molecule has 1 aromatic carbocycles. The molecule has 0 N–H and O–H groups in total. The number of fused-ring (bicyclic) bond motifs is 1. The minimum absolute atomic E-state index is 0.185. The van der Waals surface area contributed by atoms with Crippen LogP contribution in [0.1, 0.15) is 50.1 Å². The van der Waals surface area contributed by atoms with Crippen molar-refractivity contribution in [3.05, 3.63) is 52.7 Å². The first kappa shape index (κ1) is 26.5. The number of nitrogens with zero attached hydrogens (tertiary/aromatic N) is 5. The largest absolute Gasteiger partial charge is 0.444 e. The Morgan fingerprint density at radius 1 is 1.15 bits per heavy atom. The Labute approximate surface area is 236 Å². The molecule has 6 rings (SSSR count). The Kier molecular flexibility index (Phi) is 6.82. The van der Waals surface area contributed by atoms with Gasteiger partial charge < -0.3 is 14.5 Å². The molecule has 1 unspecified atom stereocenters. The van der Waals surface area contributed by atoms with Gasteiger partial charge in [0.25, 0.3) is 0 Å². The van der Waals surface area contributed by atoms with Crippen LogP contribution >= 0.6 is 11.3 Å². The molecule has 2 aromatic heterocycles. The number of benzene rings is 1. The average Bonchev–Trinajstić information content (AvgIpc) is 3.46. The number of carbonyl (C=O) groups excluding carboxylic acids is 1. The van der Waals surface area contributed by atoms with Gasteiger partial charge in [-0.1, -0.05) is 36.8 Å². The lowest BCUT2D eigenvalue weighted by atomic mass is 9.75. The number of aromatic nitrogens is 2. The van der Waals surface area contributed by atoms with Crippen LogP contribution in [-0.4, -0.2) is 76.8 Å². The molecule has 1 spiro atoms. The number of rotatable bonds is 6. The Bertz CT molecular complexity index is 1340. The van der Waals surface area contributed by atoms with Crippen LogP contribution < -0.4 is 4.90 Å². The summed E-state index contributed by atoms with van der Waals surface area (Å²) in [5, 5.41) is 1.21. The second-order valence-corrected chi connectivity index (χ2v) is 14.1. The zero-order chi connectivity index (χ0) is 27.4. The molecular formula is C31H41N5O2S. The van der Waals surface area contributed by atoms with Gasteiger partial charge in [-0.3, -0.25) is 4.90 Å². The first-order valence-corrected chi connectivity index (χ1v) is 15.2. The van der Waals surface area contributed by atoms with Gasteiger partial charge in [0.05, 0.1) is 5.39 Å². The topological polar surface area (TPSA) is 61.8 Å². The number of hydrogen-bond acceptors (Lipinski definition) is 7. The molecule has 1 amide bonds. The summed E-state index contributed by atoms with van der Waals surface area (Å²) in [4.78, 5) is 31.4. The van der Waals surface area contributed by atoms with Gasteiger partial charge in [0.15, 0.2) is 0 Å². The van der Waals surface area contributed by atoms with Crippen molar-refractivity contribution < 1.29 is 9.53 Å². The first-order valence-electron chi connectivity index (χ1n) is 14.4. The first-order chi connectivity index (χ1) is 18.6. The van der Waals surface area contributed by atoms with E-state index in [0.717, 1.165) is 62.8 Å². The lowest BCUT2D eigenvalue weighted by Gasteiger charge is -2.56. The fourth-order valence-electron chi connectivity index (χ4n) is 6.53. The molecule has 208 valence electrons. The molecule has 3 saturated heterocycles. The van der Waals surface area contributed by atoms with Crippen LogP contribution in [-0.2, 0) is 17.6 Å². The number of anilines is 1. The highest BCUT2D eigenvalue weighted by Gasteiger charge is 2.52. The molecule has 5 heterocycles. The summed E-state index contributed by atoms with van der Waals surface area (Å²) >= 11 is 1.79. The average molecular weight is 548 g/mol. The van der Waals surface area contributed by atoms with Crippen LogP contribution in [0.5, 0.6) is 0 Å². The summed E-state index contributed by atoms with van der Waals surface area (Å²) in [6.45, 7) is 16.0. The maximum Gasteiger partial charge on any atom is 0.410 e. The Morgan fingerprint density at radius 2 is 1.90 bits per heavy atom. The molecule has 0 bridgehead atoms. The minimum Gasteiger partial charge on any atom is -0.444 e. The summed E-state index contributed by atoms with van der Waals surface area (Å²) in [5.74, 6) is 1.57. The zero-order valence-electron chi connectivity index (χ0n) is 23.9. The minimum atomic E-state index is -0.460. The maximum atomic E-state index is 12.6. The van der Waals surface area contributed by atoms with E-state index in [-0.39, 0.29) is 6.09 Å². The molecule has 3 fully saturated rings. The fraction of sp³-hybridized carbons (Fsp3) is 0.581. The maximum absolute atomic E-state index is 12.6. The molecule has 0 aliphatic carbocycles. The van der Waals surface area contributed by atoms with Crippen molar-refractivity contribution in [2.45, 2.75) is 65.5 Å². The van der Waals surface area contributed by atoms with Crippen LogP contribution in [0.4, 0.5) is 10.6 Å². The van der Waals surface area contributed by atoms with Crippen molar-refractivity contribution in [2.75, 3.05) is 44.2 Å². The number of likely N-dealkylation sites (tertiary alicyclic amines) is 2. The van der Waals surface area contributed by atoms with Gasteiger partial charge in [-0.15, -0.1) is 11.3 Å². The molecular weight excluding hydrogens is 506 g/mol. The van der Waals surface area contributed by atoms with Gasteiger partial charge in [-0.05, 0) is 58.6 Å². The molecule has 1 atom stereocenters. The number of carbonyl (C=O) groups is 1. The molecule has 3 aromatic rings. The van der Waals surface area contributed by atoms with Gasteiger partial charge in [0, 0.05) is 61.5 Å². The van der Waals surface area contributed by atoms with Crippen molar-refractivity contribution >= 4 is 33.5 Å². The van der Waals surface area contributed by atoms with E-state index >= 15 is 0 Å². The van der Waals surface area contributed by atoms with Crippen molar-refractivity contribution in [2.24, 2.45) is 11.3 Å². The SMILES string of the molecule is CCc1cc2c(N3CCC4(C3)CN(C(Cc3ccc(C)cc3)C3CN(C(=O)OC(C)(C)C)C3)C4)ncnc2s1. The number of thiophene rings is 1. The number of ether oxygens (including phenoxy) is 1. The lowest BCUT2D eigenvalue weighted by molar-refractivity contribution is -0.0695. The van der Waals surface area contributed by atoms with Gasteiger partial charge in [0.1, 0.15) is 22.6 Å². The predicted octanol–water partition coefficient (Wildman–Crippen LogP) is 5.55. The van der Waals surface area contributed by atoms with Crippen LogP contribution in [0.15, 0.2) is 36.7 Å². The summed E-state index contributed by atoms with van der Waals surface area (Å²) in [7, 11) is 0. The smallest absolute Gasteiger partial charge is 0.410 e. The Hall–Kier alpha value is -2.71. The number of aryl methyl sites for hydroxylation is 2. The van der Waals surface area contributed by atoms with Crippen molar-refractivity contribution in [1.29, 1.82) is 0 Å². The molecule has 0 saturated carbocycles. The predicted molar refractivity (Wildman–Crippen MR) is 158 cm³/mol. The van der Waals surface area contributed by atoms with E-state index in [4.69, 9.17) is 9.72 Å². The lowest BCUT2D eigenvalue weighted by Crippen LogP contribution is -2.67. The molecule has 8 heteroatoms. The Balaban J connectivity index is 1.14. The third-order valence-electron chi connectivity index (χ3n) is 8.66. The van der Waals surface area contributed by atoms with Gasteiger partial charge in [0.2, 0.25) is 0 Å². The van der Waals surface area contributed by atoms with E-state index in [0.29, 0.717) is 17.4 Å². The van der Waals surface area contributed by atoms with E-state index in [2.05, 4.69) is 59.0 Å². The highest BCUT2D eigenvalue weighted by Crippen LogP contribution is 2.45. The number of amides is 1. The van der Waals surface area contributed by atoms with Crippen molar-refractivity contribution in [3.63, 3.8) is 0 Å². The van der Waals surface area contributed by atoms with Crippen molar-refractivity contribution in [1.82, 2.24) is 19.8 Å². The molecule has 39 heavy (non-hydrogen) atoms. The van der Waals surface area contributed by atoms with E-state index in [1.54, 1.807) is 17.7 Å². The molecule has 0 radical (unpaired) electrons. The van der Waals surface area contributed by atoms with E-state index in [1.807, 2.05) is 25.7 Å². The highest BCUT2D eigenvalue weighted by atomic mass is 32.1. The number of hydrogen-bond donors (Lipinski definition) is 0. The van der Waals surface area contributed by atoms with Gasteiger partial charge in [-0.2, -0.15) is 0 Å². The summed E-state index contributed by atoms with van der Waals surface area (Å²) in [5.41, 5.74) is 2.53. The molecule has 7 nitrogen and oxygen atoms in total. The van der Waals surface area contributed by atoms with Crippen LogP contribution in [0.2, 0.25) is 0 Å². The Morgan fingerprint density at radius 3 is 2.59 bits per heavy atom. The van der Waals surface area contributed by atoms with E-state index < -0.39 is 5.60 Å². The molecule has 3 aliphatic heterocycles. The highest BCUT2D eigenvalue weighted by molar-refractivity contribution is 7.18. The quantitative estimate of drug-likeness (QED) is 0.403. The van der Waals surface area contributed by atoms with Crippen LogP contribution in [0, 0.1) is 18.3 Å². The third kappa shape index (κ3) is 5.38. The monoisotopic (exact) mass is 547 g/mol. The summed E-state index contributed by atoms with van der Waals surface area (Å²) in [6, 6.07) is 11.7. The second-order valence-electron chi connectivity index (χ2n) is 13.0. The van der Waals surface area contributed by atoms with Crippen LogP contribution in [0.3, 0.4) is 0 Å². The standard InChI is InChI=1S/C31H41N5O2S/c1-6-24-14-25-27(32-20-33-28(25)39-24)34-12-11-31(17-34)18-36(19-31)26(13-22-9-7-21(2)8-10-22)23-15-35(16-23)29(37)38-30(3,4)5/h7-10,14,20,23,26H,6,11-13,15-19H2,1-5H3. The summed E-state index contributed by atoms with van der Waals surface area (Å²) < 4.78 is 5.63. The van der Waals surface area contributed by atoms with Crippen molar-refractivity contribution in [3.8, 4) is 0 Å². The van der Waals surface area contributed by atoms with Gasteiger partial charge in [-0.25, -0.2) is 14.8 Å². The summed E-state index contributed by atoms with van der Waals surface area (Å²) in [6.07, 6.45) is 4.81. The molecule has 3 aliphatic rings. The fourth-order valence-corrected chi connectivity index (χ4v) is 7.46. The van der Waals surface area contributed by atoms with E-state index in [1.165, 1.54) is 27.8 Å². The zero-order valence-corrected chi connectivity index (χ0v) is 24.8. The van der Waals surface area contributed by atoms with E-state index in [9.17, 15) is 4.79 Å². The van der Waals surface area contributed by atoms with Crippen LogP contribution in [0.25, 0.3) is 10.2 Å². The second kappa shape index (κ2) is 10.0. The normalized spacial score (nSPS) is 20.3. The third-order valence-corrected chi connectivity index (χ3v) is 9.85.